The molecule has 1 heterocycles. The fraction of sp³-hybridized carbons (Fsp3) is 0.727. The number of aryl methyl sites for hydroxylation is 1. The Balaban J connectivity index is 1.72. The molecule has 0 spiro atoms. The van der Waals surface area contributed by atoms with Gasteiger partial charge in [-0.1, -0.05) is 32.1 Å². The Labute approximate surface area is 79.7 Å². The quantitative estimate of drug-likeness (QED) is 0.757. The molecule has 0 unspecified atom stereocenters. The fourth-order valence-electron chi connectivity index (χ4n) is 2.26. The van der Waals surface area contributed by atoms with Crippen LogP contribution in [0.1, 0.15) is 44.2 Å². The van der Waals surface area contributed by atoms with Gasteiger partial charge in [-0.05, 0) is 24.8 Å². The zero-order valence-electron chi connectivity index (χ0n) is 8.13. The maximum atomic E-state index is 3.96. The lowest BCUT2D eigenvalue weighted by Gasteiger charge is -2.20. The lowest BCUT2D eigenvalue weighted by Crippen LogP contribution is -2.07. The average molecular weight is 178 g/mol. The summed E-state index contributed by atoms with van der Waals surface area (Å²) < 4.78 is 0. The van der Waals surface area contributed by atoms with E-state index in [2.05, 4.69) is 16.3 Å². The minimum Gasteiger partial charge on any atom is -0.283 e. The Morgan fingerprint density at radius 3 is 2.85 bits per heavy atom. The molecule has 0 amide bonds. The second kappa shape index (κ2) is 4.45. The first kappa shape index (κ1) is 8.79. The highest BCUT2D eigenvalue weighted by Crippen LogP contribution is 2.27. The number of nitrogens with zero attached hydrogens (tertiary/aromatic N) is 1. The van der Waals surface area contributed by atoms with Crippen LogP contribution in [0.15, 0.2) is 12.3 Å². The molecule has 0 saturated heterocycles. The number of hydrogen-bond donors (Lipinski definition) is 1. The summed E-state index contributed by atoms with van der Waals surface area (Å²) in [6.45, 7) is 0. The van der Waals surface area contributed by atoms with Crippen molar-refractivity contribution in [2.24, 2.45) is 5.92 Å². The van der Waals surface area contributed by atoms with Crippen molar-refractivity contribution in [1.29, 1.82) is 0 Å². The lowest BCUT2D eigenvalue weighted by atomic mass is 9.86. The van der Waals surface area contributed by atoms with Gasteiger partial charge in [0.15, 0.2) is 0 Å². The van der Waals surface area contributed by atoms with E-state index in [-0.39, 0.29) is 0 Å². The Morgan fingerprint density at radius 1 is 1.31 bits per heavy atom. The molecule has 2 rings (SSSR count). The van der Waals surface area contributed by atoms with Gasteiger partial charge < -0.3 is 0 Å². The van der Waals surface area contributed by atoms with Gasteiger partial charge in [-0.15, -0.1) is 0 Å². The van der Waals surface area contributed by atoms with Crippen molar-refractivity contribution in [1.82, 2.24) is 10.2 Å². The van der Waals surface area contributed by atoms with Crippen LogP contribution in [0.2, 0.25) is 0 Å². The summed E-state index contributed by atoms with van der Waals surface area (Å²) in [5.41, 5.74) is 1.30. The Morgan fingerprint density at radius 2 is 2.15 bits per heavy atom. The zero-order chi connectivity index (χ0) is 8.93. The maximum Gasteiger partial charge on any atom is 0.0490 e. The molecule has 1 fully saturated rings. The molecule has 0 aromatic carbocycles. The highest BCUT2D eigenvalue weighted by Gasteiger charge is 2.12. The van der Waals surface area contributed by atoms with Crippen LogP contribution in [0, 0.1) is 5.92 Å². The number of aromatic nitrogens is 2. The summed E-state index contributed by atoms with van der Waals surface area (Å²) >= 11 is 0. The number of hydrogen-bond acceptors (Lipinski definition) is 1. The number of H-pyrrole nitrogens is 1. The number of aromatic amines is 1. The second-order valence-corrected chi connectivity index (χ2v) is 4.12. The van der Waals surface area contributed by atoms with Crippen molar-refractivity contribution < 1.29 is 0 Å². The maximum absolute atomic E-state index is 3.96. The summed E-state index contributed by atoms with van der Waals surface area (Å²) in [5.74, 6) is 0.983. The van der Waals surface area contributed by atoms with Crippen molar-refractivity contribution in [2.75, 3.05) is 0 Å². The molecular formula is C11H18N2. The van der Waals surface area contributed by atoms with E-state index in [0.717, 1.165) is 5.92 Å². The van der Waals surface area contributed by atoms with E-state index in [1.54, 1.807) is 0 Å². The van der Waals surface area contributed by atoms with Gasteiger partial charge >= 0.3 is 0 Å². The third-order valence-corrected chi connectivity index (χ3v) is 3.11. The molecule has 1 saturated carbocycles. The fourth-order valence-corrected chi connectivity index (χ4v) is 2.26. The van der Waals surface area contributed by atoms with Crippen molar-refractivity contribution >= 4 is 0 Å². The lowest BCUT2D eigenvalue weighted by molar-refractivity contribution is 0.338. The molecular weight excluding hydrogens is 160 g/mol. The third-order valence-electron chi connectivity index (χ3n) is 3.11. The van der Waals surface area contributed by atoms with Crippen molar-refractivity contribution in [2.45, 2.75) is 44.9 Å². The average Bonchev–Trinajstić information content (AvgIpc) is 2.69. The van der Waals surface area contributed by atoms with Crippen LogP contribution in [0.25, 0.3) is 0 Å². The van der Waals surface area contributed by atoms with Crippen LogP contribution in [0.3, 0.4) is 0 Å². The predicted octanol–water partition coefficient (Wildman–Crippen LogP) is 2.92. The van der Waals surface area contributed by atoms with E-state index >= 15 is 0 Å². The van der Waals surface area contributed by atoms with Crippen LogP contribution >= 0.6 is 0 Å². The van der Waals surface area contributed by atoms with Gasteiger partial charge in [-0.2, -0.15) is 5.10 Å². The SMILES string of the molecule is c1cc(CCC2CCCCC2)[nH]n1. The van der Waals surface area contributed by atoms with E-state index in [1.165, 1.54) is 50.6 Å². The van der Waals surface area contributed by atoms with E-state index in [1.807, 2.05) is 6.20 Å². The summed E-state index contributed by atoms with van der Waals surface area (Å²) in [7, 11) is 0. The standard InChI is InChI=1S/C11H18N2/c1-2-4-10(5-3-1)6-7-11-8-9-12-13-11/h8-10H,1-7H2,(H,12,13). The topological polar surface area (TPSA) is 28.7 Å². The van der Waals surface area contributed by atoms with Crippen LogP contribution in [-0.2, 0) is 6.42 Å². The van der Waals surface area contributed by atoms with Gasteiger partial charge in [-0.3, -0.25) is 5.10 Å². The summed E-state index contributed by atoms with van der Waals surface area (Å²) in [4.78, 5) is 0. The van der Waals surface area contributed by atoms with Gasteiger partial charge in [0.05, 0.1) is 0 Å². The number of nitrogens with one attached hydrogen (secondary N) is 1. The smallest absolute Gasteiger partial charge is 0.0490 e. The van der Waals surface area contributed by atoms with Crippen molar-refractivity contribution in [3.8, 4) is 0 Å². The molecule has 72 valence electrons. The molecule has 2 nitrogen and oxygen atoms in total. The van der Waals surface area contributed by atoms with Crippen LogP contribution in [-0.4, -0.2) is 10.2 Å². The monoisotopic (exact) mass is 178 g/mol. The van der Waals surface area contributed by atoms with Gasteiger partial charge in [0.1, 0.15) is 0 Å². The van der Waals surface area contributed by atoms with E-state index in [9.17, 15) is 0 Å². The van der Waals surface area contributed by atoms with Crippen LogP contribution < -0.4 is 0 Å². The Bertz CT molecular complexity index is 222. The first-order chi connectivity index (χ1) is 6.45. The minimum atomic E-state index is 0.983. The zero-order valence-corrected chi connectivity index (χ0v) is 8.13. The molecule has 0 bridgehead atoms. The summed E-state index contributed by atoms with van der Waals surface area (Å²) in [6.07, 6.45) is 11.6. The van der Waals surface area contributed by atoms with Gasteiger partial charge in [-0.25, -0.2) is 0 Å². The normalized spacial score (nSPS) is 19.1. The van der Waals surface area contributed by atoms with Crippen molar-refractivity contribution in [3.05, 3.63) is 18.0 Å². The Hall–Kier alpha value is -0.790. The largest absolute Gasteiger partial charge is 0.283 e. The van der Waals surface area contributed by atoms with Crippen LogP contribution in [0.5, 0.6) is 0 Å². The van der Waals surface area contributed by atoms with Gasteiger partial charge in [0.25, 0.3) is 0 Å². The highest BCUT2D eigenvalue weighted by molar-refractivity contribution is 4.97. The van der Waals surface area contributed by atoms with E-state index in [4.69, 9.17) is 0 Å². The number of rotatable bonds is 3. The van der Waals surface area contributed by atoms with E-state index in [0.29, 0.717) is 0 Å². The first-order valence-electron chi connectivity index (χ1n) is 5.43. The molecule has 2 heteroatoms. The molecule has 1 aromatic heterocycles. The molecule has 0 aliphatic heterocycles. The van der Waals surface area contributed by atoms with Crippen molar-refractivity contribution in [3.63, 3.8) is 0 Å². The molecule has 13 heavy (non-hydrogen) atoms. The highest BCUT2D eigenvalue weighted by atomic mass is 15.1. The van der Waals surface area contributed by atoms with Gasteiger partial charge in [0, 0.05) is 11.9 Å². The second-order valence-electron chi connectivity index (χ2n) is 4.12. The summed E-state index contributed by atoms with van der Waals surface area (Å²) in [6, 6.07) is 2.09. The first-order valence-corrected chi connectivity index (χ1v) is 5.43. The molecule has 1 N–H and O–H groups in total. The molecule has 0 radical (unpaired) electrons. The summed E-state index contributed by atoms with van der Waals surface area (Å²) in [5, 5.41) is 6.99. The molecule has 1 aromatic rings. The van der Waals surface area contributed by atoms with E-state index < -0.39 is 0 Å². The molecule has 1 aliphatic rings. The third kappa shape index (κ3) is 2.58. The molecule has 0 atom stereocenters. The minimum absolute atomic E-state index is 0.983. The predicted molar refractivity (Wildman–Crippen MR) is 53.5 cm³/mol. The van der Waals surface area contributed by atoms with Crippen LogP contribution in [0.4, 0.5) is 0 Å². The molecule has 1 aliphatic carbocycles. The Kier molecular flexibility index (Phi) is 3.01. The van der Waals surface area contributed by atoms with Gasteiger partial charge in [0.2, 0.25) is 0 Å².